The summed E-state index contributed by atoms with van der Waals surface area (Å²) in [6.07, 6.45) is 1.22. The summed E-state index contributed by atoms with van der Waals surface area (Å²) < 4.78 is 0. The van der Waals surface area contributed by atoms with Gasteiger partial charge in [0.1, 0.15) is 7.85 Å². The van der Waals surface area contributed by atoms with E-state index in [1.54, 1.807) is 0 Å². The minimum atomic E-state index is 1.18. The Kier molecular flexibility index (Phi) is 1.41. The molecule has 0 radical (unpaired) electrons. The second-order valence-electron chi connectivity index (χ2n) is 3.30. The molecule has 1 aromatic carbocycles. The van der Waals surface area contributed by atoms with Crippen LogP contribution >= 0.6 is 0 Å². The van der Waals surface area contributed by atoms with Crippen LogP contribution in [0.25, 0.3) is 0 Å². The molecule has 0 saturated carbocycles. The monoisotopic (exact) mass is 145 g/mol. The molecule has 2 heteroatoms. The molecule has 1 aliphatic heterocycles. The van der Waals surface area contributed by atoms with Gasteiger partial charge < -0.3 is 4.90 Å². The van der Waals surface area contributed by atoms with Gasteiger partial charge in [-0.1, -0.05) is 17.6 Å². The first-order valence-electron chi connectivity index (χ1n) is 4.08. The largest absolute Gasteiger partial charge is 0.374 e. The molecule has 0 bridgehead atoms. The average Bonchev–Trinajstić information content (AvgIpc) is 2.32. The predicted molar refractivity (Wildman–Crippen MR) is 51.6 cm³/mol. The summed E-state index contributed by atoms with van der Waals surface area (Å²) in [5, 5.41) is 0. The molecule has 0 amide bonds. The van der Waals surface area contributed by atoms with E-state index >= 15 is 0 Å². The van der Waals surface area contributed by atoms with Gasteiger partial charge in [0.05, 0.1) is 0 Å². The number of anilines is 1. The summed E-state index contributed by atoms with van der Waals surface area (Å²) in [6, 6.07) is 6.69. The molecule has 0 unspecified atom stereocenters. The lowest BCUT2D eigenvalue weighted by atomic mass is 9.94. The first kappa shape index (κ1) is 6.77. The molecule has 2 rings (SSSR count). The maximum absolute atomic E-state index is 2.31. The van der Waals surface area contributed by atoms with Crippen molar-refractivity contribution < 1.29 is 0 Å². The second kappa shape index (κ2) is 2.30. The van der Waals surface area contributed by atoms with Crippen LogP contribution in [0, 0.1) is 0 Å². The van der Waals surface area contributed by atoms with Crippen LogP contribution in [0.5, 0.6) is 0 Å². The quantitative estimate of drug-likeness (QED) is 0.462. The molecular weight excluding hydrogens is 133 g/mol. The molecule has 11 heavy (non-hydrogen) atoms. The van der Waals surface area contributed by atoms with E-state index in [4.69, 9.17) is 0 Å². The number of fused-ring (bicyclic) bond motifs is 1. The number of benzene rings is 1. The summed E-state index contributed by atoms with van der Waals surface area (Å²) in [5.41, 5.74) is 4.29. The van der Waals surface area contributed by atoms with Crippen molar-refractivity contribution in [3.05, 3.63) is 23.8 Å². The van der Waals surface area contributed by atoms with E-state index in [0.717, 1.165) is 0 Å². The Morgan fingerprint density at radius 2 is 2.27 bits per heavy atom. The molecule has 0 aromatic heterocycles. The van der Waals surface area contributed by atoms with Crippen molar-refractivity contribution in [3.63, 3.8) is 0 Å². The number of rotatable bonds is 0. The normalized spacial score (nSPS) is 15.2. The van der Waals surface area contributed by atoms with E-state index in [1.807, 2.05) is 0 Å². The van der Waals surface area contributed by atoms with Crippen LogP contribution in [-0.2, 0) is 6.42 Å². The summed E-state index contributed by atoms with van der Waals surface area (Å²) in [7, 11) is 4.31. The molecule has 0 saturated heterocycles. The molecule has 0 fully saturated rings. The van der Waals surface area contributed by atoms with Crippen LogP contribution in [0.1, 0.15) is 5.56 Å². The van der Waals surface area contributed by atoms with Crippen molar-refractivity contribution in [2.24, 2.45) is 0 Å². The standard InChI is InChI=1S/C9H12BN/c1-11-5-4-7-6-8(10)2-3-9(7)11/h2-3,6H,4-5,10H2,1H3. The zero-order valence-corrected chi connectivity index (χ0v) is 7.09. The Balaban J connectivity index is 2.50. The lowest BCUT2D eigenvalue weighted by molar-refractivity contribution is 0.956. The molecule has 1 aromatic rings. The van der Waals surface area contributed by atoms with Gasteiger partial charge in [0.25, 0.3) is 0 Å². The molecule has 1 aliphatic rings. The van der Waals surface area contributed by atoms with E-state index in [9.17, 15) is 0 Å². The highest BCUT2D eigenvalue weighted by Gasteiger charge is 2.13. The Morgan fingerprint density at radius 1 is 1.45 bits per heavy atom. The number of nitrogens with zero attached hydrogens (tertiary/aromatic N) is 1. The third-order valence-corrected chi connectivity index (χ3v) is 2.36. The van der Waals surface area contributed by atoms with Crippen LogP contribution in [0.4, 0.5) is 5.69 Å². The fraction of sp³-hybridized carbons (Fsp3) is 0.333. The van der Waals surface area contributed by atoms with Crippen LogP contribution in [0.2, 0.25) is 0 Å². The van der Waals surface area contributed by atoms with Crippen molar-refractivity contribution in [1.82, 2.24) is 0 Å². The van der Waals surface area contributed by atoms with Gasteiger partial charge in [-0.2, -0.15) is 0 Å². The van der Waals surface area contributed by atoms with Crippen LogP contribution in [-0.4, -0.2) is 21.4 Å². The van der Waals surface area contributed by atoms with Crippen molar-refractivity contribution in [2.45, 2.75) is 6.42 Å². The minimum absolute atomic E-state index is 1.18. The Bertz CT molecular complexity index is 283. The average molecular weight is 145 g/mol. The van der Waals surface area contributed by atoms with E-state index in [-0.39, 0.29) is 0 Å². The zero-order valence-electron chi connectivity index (χ0n) is 7.09. The van der Waals surface area contributed by atoms with Gasteiger partial charge in [0, 0.05) is 19.3 Å². The third-order valence-electron chi connectivity index (χ3n) is 2.36. The van der Waals surface area contributed by atoms with Gasteiger partial charge in [-0.15, -0.1) is 0 Å². The molecule has 0 aliphatic carbocycles. The van der Waals surface area contributed by atoms with Crippen molar-refractivity contribution in [2.75, 3.05) is 18.5 Å². The summed E-state index contributed by atoms with van der Waals surface area (Å²) in [6.45, 7) is 1.18. The number of hydrogen-bond acceptors (Lipinski definition) is 1. The van der Waals surface area contributed by atoms with Crippen LogP contribution < -0.4 is 10.4 Å². The first-order valence-corrected chi connectivity index (χ1v) is 4.08. The molecular formula is C9H12BN. The SMILES string of the molecule is Bc1ccc2c(c1)CCN2C. The Hall–Kier alpha value is -0.915. The fourth-order valence-corrected chi connectivity index (χ4v) is 1.70. The molecule has 0 spiro atoms. The van der Waals surface area contributed by atoms with Gasteiger partial charge in [-0.25, -0.2) is 0 Å². The minimum Gasteiger partial charge on any atom is -0.374 e. The second-order valence-corrected chi connectivity index (χ2v) is 3.30. The highest BCUT2D eigenvalue weighted by molar-refractivity contribution is 6.32. The highest BCUT2D eigenvalue weighted by Crippen LogP contribution is 2.24. The molecule has 0 N–H and O–H groups in total. The number of hydrogen-bond donors (Lipinski definition) is 0. The van der Waals surface area contributed by atoms with E-state index in [0.29, 0.717) is 0 Å². The van der Waals surface area contributed by atoms with E-state index in [1.165, 1.54) is 29.7 Å². The Labute approximate surface area is 68.4 Å². The number of likely N-dealkylation sites (N-methyl/N-ethyl adjacent to an activating group) is 1. The molecule has 1 heterocycles. The summed E-state index contributed by atoms with van der Waals surface area (Å²) in [4.78, 5) is 2.31. The maximum Gasteiger partial charge on any atom is 0.139 e. The van der Waals surface area contributed by atoms with E-state index in [2.05, 4.69) is 38.0 Å². The molecule has 1 nitrogen and oxygen atoms in total. The van der Waals surface area contributed by atoms with Crippen molar-refractivity contribution in [3.8, 4) is 0 Å². The highest BCUT2D eigenvalue weighted by atomic mass is 15.1. The van der Waals surface area contributed by atoms with Crippen LogP contribution in [0.3, 0.4) is 0 Å². The predicted octanol–water partition coefficient (Wildman–Crippen LogP) is -0.0627. The molecule has 0 atom stereocenters. The maximum atomic E-state index is 2.31. The molecule has 56 valence electrons. The topological polar surface area (TPSA) is 3.24 Å². The first-order chi connectivity index (χ1) is 5.27. The van der Waals surface area contributed by atoms with Gasteiger partial charge in [0.15, 0.2) is 0 Å². The van der Waals surface area contributed by atoms with Crippen molar-refractivity contribution in [1.29, 1.82) is 0 Å². The van der Waals surface area contributed by atoms with Gasteiger partial charge in [0.2, 0.25) is 0 Å². The fourth-order valence-electron chi connectivity index (χ4n) is 1.70. The lowest BCUT2D eigenvalue weighted by Crippen LogP contribution is -2.12. The van der Waals surface area contributed by atoms with E-state index < -0.39 is 0 Å². The van der Waals surface area contributed by atoms with Gasteiger partial charge in [-0.3, -0.25) is 0 Å². The lowest BCUT2D eigenvalue weighted by Gasteiger charge is -2.11. The zero-order chi connectivity index (χ0) is 7.84. The van der Waals surface area contributed by atoms with Crippen LogP contribution in [0.15, 0.2) is 18.2 Å². The van der Waals surface area contributed by atoms with Gasteiger partial charge >= 0.3 is 0 Å². The summed E-state index contributed by atoms with van der Waals surface area (Å²) in [5.74, 6) is 0. The van der Waals surface area contributed by atoms with Gasteiger partial charge in [-0.05, 0) is 18.1 Å². The smallest absolute Gasteiger partial charge is 0.139 e. The Morgan fingerprint density at radius 3 is 3.09 bits per heavy atom. The third kappa shape index (κ3) is 1.03. The summed E-state index contributed by atoms with van der Waals surface area (Å²) >= 11 is 0. The van der Waals surface area contributed by atoms with Crippen molar-refractivity contribution >= 4 is 19.0 Å².